The topological polar surface area (TPSA) is 20.2 Å². The maximum atomic E-state index is 9.79. The maximum absolute atomic E-state index is 9.79. The molecule has 16 heavy (non-hydrogen) atoms. The first-order valence-electron chi connectivity index (χ1n) is 7.09. The monoisotopic (exact) mass is 240 g/mol. The zero-order valence-corrected chi connectivity index (χ0v) is 11.0. The molecule has 0 aromatic rings. The highest BCUT2D eigenvalue weighted by atomic mass is 32.1. The van der Waals surface area contributed by atoms with E-state index in [0.717, 1.165) is 30.6 Å². The second kappa shape index (κ2) is 4.20. The molecule has 0 heterocycles. The van der Waals surface area contributed by atoms with Gasteiger partial charge in [0.2, 0.25) is 0 Å². The molecule has 0 amide bonds. The third-order valence-electron chi connectivity index (χ3n) is 5.54. The lowest BCUT2D eigenvalue weighted by atomic mass is 9.57. The summed E-state index contributed by atoms with van der Waals surface area (Å²) in [5.41, 5.74) is 0. The van der Waals surface area contributed by atoms with Crippen molar-refractivity contribution in [2.45, 2.75) is 68.6 Å². The molecule has 3 aliphatic rings. The fourth-order valence-electron chi connectivity index (χ4n) is 4.73. The Balaban J connectivity index is 1.79. The van der Waals surface area contributed by atoms with E-state index in [9.17, 15) is 5.11 Å². The van der Waals surface area contributed by atoms with Crippen molar-refractivity contribution < 1.29 is 5.11 Å². The molecular weight excluding hydrogens is 216 g/mol. The van der Waals surface area contributed by atoms with Crippen LogP contribution in [-0.4, -0.2) is 16.0 Å². The molecule has 0 spiro atoms. The van der Waals surface area contributed by atoms with Gasteiger partial charge in [-0.25, -0.2) is 0 Å². The van der Waals surface area contributed by atoms with Crippen molar-refractivity contribution in [1.82, 2.24) is 0 Å². The summed E-state index contributed by atoms with van der Waals surface area (Å²) in [6.07, 6.45) is 11.5. The first kappa shape index (κ1) is 11.4. The molecule has 3 aliphatic carbocycles. The summed E-state index contributed by atoms with van der Waals surface area (Å²) in [7, 11) is 0. The normalized spacial score (nSPS) is 52.9. The molecule has 3 rings (SSSR count). The Morgan fingerprint density at radius 1 is 1.00 bits per heavy atom. The maximum Gasteiger partial charge on any atom is 0.0543 e. The van der Waals surface area contributed by atoms with Crippen molar-refractivity contribution in [2.24, 2.45) is 17.8 Å². The van der Waals surface area contributed by atoms with Crippen LogP contribution in [0.5, 0.6) is 0 Å². The molecule has 2 heteroatoms. The van der Waals surface area contributed by atoms with E-state index in [2.05, 4.69) is 0 Å². The van der Waals surface area contributed by atoms with E-state index in [4.69, 9.17) is 12.6 Å². The van der Waals surface area contributed by atoms with Gasteiger partial charge in [-0.2, -0.15) is 12.6 Å². The van der Waals surface area contributed by atoms with E-state index in [1.165, 1.54) is 44.9 Å². The van der Waals surface area contributed by atoms with Crippen LogP contribution in [0.1, 0.15) is 57.8 Å². The minimum atomic E-state index is -0.00254. The highest BCUT2D eigenvalue weighted by molar-refractivity contribution is 7.81. The van der Waals surface area contributed by atoms with Crippen molar-refractivity contribution in [3.8, 4) is 0 Å². The molecule has 3 saturated carbocycles. The minimum Gasteiger partial charge on any atom is -0.393 e. The summed E-state index contributed by atoms with van der Waals surface area (Å²) < 4.78 is 0.363. The Morgan fingerprint density at radius 2 is 1.88 bits per heavy atom. The summed E-state index contributed by atoms with van der Waals surface area (Å²) in [6, 6.07) is 0. The van der Waals surface area contributed by atoms with Crippen molar-refractivity contribution >= 4 is 12.6 Å². The second-order valence-electron chi connectivity index (χ2n) is 6.39. The Morgan fingerprint density at radius 3 is 2.75 bits per heavy atom. The van der Waals surface area contributed by atoms with Gasteiger partial charge in [-0.1, -0.05) is 12.8 Å². The van der Waals surface area contributed by atoms with Crippen LogP contribution in [0.4, 0.5) is 0 Å². The number of fused-ring (bicyclic) bond motifs is 3. The molecule has 0 aliphatic heterocycles. The van der Waals surface area contributed by atoms with Crippen molar-refractivity contribution in [3.05, 3.63) is 0 Å². The van der Waals surface area contributed by atoms with Crippen LogP contribution >= 0.6 is 12.6 Å². The van der Waals surface area contributed by atoms with E-state index in [-0.39, 0.29) is 6.10 Å². The van der Waals surface area contributed by atoms with Crippen LogP contribution in [0.25, 0.3) is 0 Å². The zero-order valence-electron chi connectivity index (χ0n) is 10.1. The molecule has 0 aromatic heterocycles. The number of rotatable bonds is 0. The Bertz CT molecular complexity index is 267. The third-order valence-corrected chi connectivity index (χ3v) is 6.32. The largest absolute Gasteiger partial charge is 0.393 e. The third kappa shape index (κ3) is 1.82. The summed E-state index contributed by atoms with van der Waals surface area (Å²) >= 11 is 5.05. The van der Waals surface area contributed by atoms with Crippen LogP contribution in [0.2, 0.25) is 0 Å². The van der Waals surface area contributed by atoms with Crippen LogP contribution in [0.15, 0.2) is 0 Å². The first-order valence-corrected chi connectivity index (χ1v) is 7.54. The SMILES string of the molecule is OC1CCC2C(CCC3(S)CCCCC23)C1. The van der Waals surface area contributed by atoms with E-state index in [0.29, 0.717) is 4.75 Å². The molecule has 0 saturated heterocycles. The van der Waals surface area contributed by atoms with Gasteiger partial charge in [0.15, 0.2) is 0 Å². The quantitative estimate of drug-likeness (QED) is 0.622. The average Bonchev–Trinajstić information content (AvgIpc) is 2.28. The Hall–Kier alpha value is 0.310. The van der Waals surface area contributed by atoms with E-state index >= 15 is 0 Å². The fourth-order valence-corrected chi connectivity index (χ4v) is 5.34. The Kier molecular flexibility index (Phi) is 3.00. The van der Waals surface area contributed by atoms with Gasteiger partial charge in [-0.15, -0.1) is 0 Å². The predicted molar refractivity (Wildman–Crippen MR) is 69.7 cm³/mol. The highest BCUT2D eigenvalue weighted by Gasteiger charge is 2.49. The van der Waals surface area contributed by atoms with Gasteiger partial charge in [0.05, 0.1) is 6.10 Å². The van der Waals surface area contributed by atoms with Gasteiger partial charge < -0.3 is 5.11 Å². The molecule has 0 aromatic carbocycles. The highest BCUT2D eigenvalue weighted by Crippen LogP contribution is 2.55. The molecule has 1 N–H and O–H groups in total. The molecule has 0 radical (unpaired) electrons. The lowest BCUT2D eigenvalue weighted by Gasteiger charge is -2.53. The smallest absolute Gasteiger partial charge is 0.0543 e. The average molecular weight is 240 g/mol. The lowest BCUT2D eigenvalue weighted by Crippen LogP contribution is -2.49. The second-order valence-corrected chi connectivity index (χ2v) is 7.28. The van der Waals surface area contributed by atoms with Crippen molar-refractivity contribution in [3.63, 3.8) is 0 Å². The standard InChI is InChI=1S/C14H24OS/c15-11-4-5-12-10(9-11)6-8-14(16)7-2-1-3-13(12)14/h10-13,15-16H,1-9H2. The molecule has 5 atom stereocenters. The van der Waals surface area contributed by atoms with Gasteiger partial charge in [-0.05, 0) is 62.7 Å². The van der Waals surface area contributed by atoms with Crippen molar-refractivity contribution in [2.75, 3.05) is 0 Å². The molecule has 0 bridgehead atoms. The fraction of sp³-hybridized carbons (Fsp3) is 1.00. The van der Waals surface area contributed by atoms with Gasteiger partial charge in [0.1, 0.15) is 0 Å². The van der Waals surface area contributed by atoms with Crippen LogP contribution in [-0.2, 0) is 0 Å². The van der Waals surface area contributed by atoms with Crippen LogP contribution < -0.4 is 0 Å². The van der Waals surface area contributed by atoms with Gasteiger partial charge in [0.25, 0.3) is 0 Å². The molecule has 5 unspecified atom stereocenters. The molecule has 3 fully saturated rings. The number of aliphatic hydroxyl groups excluding tert-OH is 1. The number of hydrogen-bond donors (Lipinski definition) is 2. The first-order chi connectivity index (χ1) is 7.69. The predicted octanol–water partition coefficient (Wildman–Crippen LogP) is 3.42. The zero-order chi connectivity index (χ0) is 11.2. The van der Waals surface area contributed by atoms with Crippen molar-refractivity contribution in [1.29, 1.82) is 0 Å². The number of hydrogen-bond acceptors (Lipinski definition) is 2. The van der Waals surface area contributed by atoms with E-state index in [1.54, 1.807) is 0 Å². The molecule has 92 valence electrons. The lowest BCUT2D eigenvalue weighted by molar-refractivity contribution is -0.00522. The van der Waals surface area contributed by atoms with Crippen LogP contribution in [0, 0.1) is 17.8 Å². The molecule has 1 nitrogen and oxygen atoms in total. The number of thiol groups is 1. The van der Waals surface area contributed by atoms with E-state index in [1.807, 2.05) is 0 Å². The summed E-state index contributed by atoms with van der Waals surface area (Å²) in [5.74, 6) is 2.55. The number of aliphatic hydroxyl groups is 1. The van der Waals surface area contributed by atoms with Gasteiger partial charge in [0, 0.05) is 4.75 Å². The summed E-state index contributed by atoms with van der Waals surface area (Å²) in [5, 5.41) is 9.79. The van der Waals surface area contributed by atoms with E-state index < -0.39 is 0 Å². The van der Waals surface area contributed by atoms with Gasteiger partial charge >= 0.3 is 0 Å². The summed E-state index contributed by atoms with van der Waals surface area (Å²) in [4.78, 5) is 0. The van der Waals surface area contributed by atoms with Gasteiger partial charge in [-0.3, -0.25) is 0 Å². The minimum absolute atomic E-state index is 0.00254. The summed E-state index contributed by atoms with van der Waals surface area (Å²) in [6.45, 7) is 0. The molecular formula is C14H24OS. The van der Waals surface area contributed by atoms with Crippen LogP contribution in [0.3, 0.4) is 0 Å². The Labute approximate surface area is 104 Å².